The maximum Gasteiger partial charge on any atom is 0.328 e. The Morgan fingerprint density at radius 3 is 2.47 bits per heavy atom. The molecule has 1 aromatic rings. The van der Waals surface area contributed by atoms with Crippen molar-refractivity contribution in [3.63, 3.8) is 0 Å². The quantitative estimate of drug-likeness (QED) is 0.683. The number of carboxylic acid groups (broad SMARTS) is 1. The van der Waals surface area contributed by atoms with E-state index in [1.54, 1.807) is 12.1 Å². The molecule has 1 aromatic carbocycles. The Hall–Kier alpha value is -1.50. The number of nitrogens with one attached hydrogen (secondary N) is 2. The van der Waals surface area contributed by atoms with Crippen LogP contribution in [0.2, 0.25) is 10.0 Å². The summed E-state index contributed by atoms with van der Waals surface area (Å²) < 4.78 is 0. The van der Waals surface area contributed by atoms with Gasteiger partial charge in [0.1, 0.15) is 0 Å². The fourth-order valence-corrected chi connectivity index (χ4v) is 1.64. The van der Waals surface area contributed by atoms with E-state index in [4.69, 9.17) is 28.3 Å². The highest BCUT2D eigenvalue weighted by molar-refractivity contribution is 6.43. The molecule has 0 aliphatic heterocycles. The minimum absolute atomic E-state index is 0.142. The van der Waals surface area contributed by atoms with Crippen LogP contribution in [0.3, 0.4) is 0 Å². The first-order chi connectivity index (χ1) is 8.82. The fourth-order valence-electron chi connectivity index (χ4n) is 1.29. The van der Waals surface area contributed by atoms with Crippen molar-refractivity contribution in [3.8, 4) is 0 Å². The van der Waals surface area contributed by atoms with E-state index in [0.29, 0.717) is 0 Å². The average molecular weight is 307 g/mol. The van der Waals surface area contributed by atoms with Gasteiger partial charge >= 0.3 is 12.0 Å². The van der Waals surface area contributed by atoms with Gasteiger partial charge in [0.05, 0.1) is 21.8 Å². The van der Waals surface area contributed by atoms with Crippen LogP contribution in [0.25, 0.3) is 0 Å². The van der Waals surface area contributed by atoms with Crippen molar-refractivity contribution in [2.45, 2.75) is 19.1 Å². The van der Waals surface area contributed by atoms with Crippen LogP contribution in [-0.2, 0) is 4.79 Å². The van der Waals surface area contributed by atoms with Crippen molar-refractivity contribution in [2.75, 3.05) is 5.32 Å². The summed E-state index contributed by atoms with van der Waals surface area (Å²) >= 11 is 11.6. The predicted molar refractivity (Wildman–Crippen MR) is 71.7 cm³/mol. The number of urea groups is 1. The summed E-state index contributed by atoms with van der Waals surface area (Å²) in [4.78, 5) is 22.4. The molecule has 19 heavy (non-hydrogen) atoms. The summed E-state index contributed by atoms with van der Waals surface area (Å²) in [5.74, 6) is -1.35. The van der Waals surface area contributed by atoms with E-state index >= 15 is 0 Å². The van der Waals surface area contributed by atoms with Gasteiger partial charge in [0.2, 0.25) is 0 Å². The number of benzene rings is 1. The zero-order valence-electron chi connectivity index (χ0n) is 9.85. The largest absolute Gasteiger partial charge is 0.480 e. The molecule has 1 rings (SSSR count). The Labute approximate surface area is 119 Å². The number of hydrogen-bond donors (Lipinski definition) is 4. The number of carbonyl (C=O) groups excluding carboxylic acids is 1. The minimum atomic E-state index is -1.42. The maximum absolute atomic E-state index is 11.6. The molecule has 0 unspecified atom stereocenters. The van der Waals surface area contributed by atoms with E-state index in [-0.39, 0.29) is 15.7 Å². The monoisotopic (exact) mass is 306 g/mol. The van der Waals surface area contributed by atoms with E-state index in [1.807, 2.05) is 0 Å². The number of halogens is 2. The lowest BCUT2D eigenvalue weighted by Gasteiger charge is -2.17. The number of rotatable bonds is 4. The Kier molecular flexibility index (Phi) is 5.41. The number of carboxylic acids is 1. The van der Waals surface area contributed by atoms with Crippen LogP contribution in [0.1, 0.15) is 6.92 Å². The van der Waals surface area contributed by atoms with Crippen molar-refractivity contribution >= 4 is 40.9 Å². The van der Waals surface area contributed by atoms with Crippen molar-refractivity contribution < 1.29 is 19.8 Å². The van der Waals surface area contributed by atoms with Crippen LogP contribution >= 0.6 is 23.2 Å². The maximum atomic E-state index is 11.6. The van der Waals surface area contributed by atoms with Gasteiger partial charge in [0, 0.05) is 0 Å². The summed E-state index contributed by atoms with van der Waals surface area (Å²) in [7, 11) is 0. The second kappa shape index (κ2) is 6.60. The smallest absolute Gasteiger partial charge is 0.328 e. The topological polar surface area (TPSA) is 98.7 Å². The van der Waals surface area contributed by atoms with Crippen LogP contribution in [0.4, 0.5) is 10.5 Å². The molecular weight excluding hydrogens is 295 g/mol. The SMILES string of the molecule is C[C@@H](O)[C@H](NC(=O)Nc1cccc(Cl)c1Cl)C(=O)O. The molecule has 0 heterocycles. The Morgan fingerprint density at radius 1 is 1.32 bits per heavy atom. The third kappa shape index (κ3) is 4.27. The summed E-state index contributed by atoms with van der Waals surface area (Å²) in [6.07, 6.45) is -1.24. The molecule has 6 nitrogen and oxygen atoms in total. The third-order valence-electron chi connectivity index (χ3n) is 2.23. The average Bonchev–Trinajstić information content (AvgIpc) is 2.31. The van der Waals surface area contributed by atoms with Gasteiger partial charge in [0.15, 0.2) is 6.04 Å². The number of aliphatic carboxylic acids is 1. The van der Waals surface area contributed by atoms with E-state index in [1.165, 1.54) is 13.0 Å². The standard InChI is InChI=1S/C11H12Cl2N2O4/c1-5(16)9(10(17)18)15-11(19)14-7-4-2-3-6(12)8(7)13/h2-5,9,16H,1H3,(H,17,18)(H2,14,15,19)/t5-,9+/m1/s1. The van der Waals surface area contributed by atoms with Gasteiger partial charge in [-0.1, -0.05) is 29.3 Å². The number of hydrogen-bond acceptors (Lipinski definition) is 3. The van der Waals surface area contributed by atoms with Crippen LogP contribution < -0.4 is 10.6 Å². The zero-order valence-corrected chi connectivity index (χ0v) is 11.4. The lowest BCUT2D eigenvalue weighted by molar-refractivity contribution is -0.141. The lowest BCUT2D eigenvalue weighted by Crippen LogP contribution is -2.49. The second-order valence-corrected chi connectivity index (χ2v) is 4.54. The molecule has 0 bridgehead atoms. The Bertz CT molecular complexity index is 494. The molecule has 0 aliphatic carbocycles. The van der Waals surface area contributed by atoms with Gasteiger partial charge in [-0.05, 0) is 19.1 Å². The Balaban J connectivity index is 2.75. The van der Waals surface area contributed by atoms with Crippen LogP contribution in [0, 0.1) is 0 Å². The molecule has 0 aliphatic rings. The van der Waals surface area contributed by atoms with Gasteiger partial charge < -0.3 is 20.8 Å². The van der Waals surface area contributed by atoms with Gasteiger partial charge in [0.25, 0.3) is 0 Å². The predicted octanol–water partition coefficient (Wildman–Crippen LogP) is 1.95. The Morgan fingerprint density at radius 2 is 1.95 bits per heavy atom. The first kappa shape index (κ1) is 15.6. The van der Waals surface area contributed by atoms with Gasteiger partial charge in [-0.25, -0.2) is 9.59 Å². The molecule has 2 atom stereocenters. The summed E-state index contributed by atoms with van der Waals surface area (Å²) in [5.41, 5.74) is 0.237. The summed E-state index contributed by atoms with van der Waals surface area (Å²) in [5, 5.41) is 22.9. The summed E-state index contributed by atoms with van der Waals surface area (Å²) in [6.45, 7) is 1.26. The van der Waals surface area contributed by atoms with Crippen LogP contribution in [0.5, 0.6) is 0 Å². The number of carbonyl (C=O) groups is 2. The molecule has 8 heteroatoms. The minimum Gasteiger partial charge on any atom is -0.480 e. The first-order valence-electron chi connectivity index (χ1n) is 5.25. The van der Waals surface area contributed by atoms with E-state index in [2.05, 4.69) is 10.6 Å². The van der Waals surface area contributed by atoms with Gasteiger partial charge in [-0.15, -0.1) is 0 Å². The van der Waals surface area contributed by atoms with Crippen molar-refractivity contribution in [1.29, 1.82) is 0 Å². The highest BCUT2D eigenvalue weighted by Gasteiger charge is 2.25. The molecular formula is C11H12Cl2N2O4. The highest BCUT2D eigenvalue weighted by atomic mass is 35.5. The normalized spacial score (nSPS) is 13.5. The van der Waals surface area contributed by atoms with Gasteiger partial charge in [-0.2, -0.15) is 0 Å². The first-order valence-corrected chi connectivity index (χ1v) is 6.01. The lowest BCUT2D eigenvalue weighted by atomic mass is 10.2. The fraction of sp³-hybridized carbons (Fsp3) is 0.273. The number of anilines is 1. The molecule has 0 spiro atoms. The number of aliphatic hydroxyl groups excluding tert-OH is 1. The summed E-state index contributed by atoms with van der Waals surface area (Å²) in [6, 6.07) is 2.40. The molecule has 0 fully saturated rings. The van der Waals surface area contributed by atoms with Crippen molar-refractivity contribution in [2.24, 2.45) is 0 Å². The van der Waals surface area contributed by atoms with Crippen LogP contribution in [0.15, 0.2) is 18.2 Å². The molecule has 0 radical (unpaired) electrons. The second-order valence-electron chi connectivity index (χ2n) is 3.76. The molecule has 0 aromatic heterocycles. The molecule has 104 valence electrons. The van der Waals surface area contributed by atoms with Gasteiger partial charge in [-0.3, -0.25) is 0 Å². The molecule has 0 saturated heterocycles. The van der Waals surface area contributed by atoms with Crippen LogP contribution in [-0.4, -0.2) is 34.4 Å². The molecule has 0 saturated carbocycles. The molecule has 4 N–H and O–H groups in total. The third-order valence-corrected chi connectivity index (χ3v) is 3.05. The number of amides is 2. The van der Waals surface area contributed by atoms with Crippen molar-refractivity contribution in [3.05, 3.63) is 28.2 Å². The van der Waals surface area contributed by atoms with E-state index in [0.717, 1.165) is 0 Å². The van der Waals surface area contributed by atoms with E-state index < -0.39 is 24.1 Å². The molecule has 2 amide bonds. The van der Waals surface area contributed by atoms with Crippen molar-refractivity contribution in [1.82, 2.24) is 5.32 Å². The number of aliphatic hydroxyl groups is 1. The highest BCUT2D eigenvalue weighted by Crippen LogP contribution is 2.29. The zero-order chi connectivity index (χ0) is 14.6. The van der Waals surface area contributed by atoms with E-state index in [9.17, 15) is 14.7 Å².